The predicted molar refractivity (Wildman–Crippen MR) is 94.9 cm³/mol. The van der Waals surface area contributed by atoms with Crippen LogP contribution in [0.1, 0.15) is 11.1 Å². The molecule has 2 amide bonds. The summed E-state index contributed by atoms with van der Waals surface area (Å²) in [6.45, 7) is 3.21. The molecule has 2 rings (SSSR count). The Morgan fingerprint density at radius 1 is 1.46 bits per heavy atom. The third-order valence-corrected chi connectivity index (χ3v) is 4.68. The number of thioether (sulfide) groups is 1. The standard InChI is InChI=1S/C16H14BrNO5S/c1-3-4-10-5-9(6-11(17)14(10)23-8-13(19)20)7-12-15(21)18(2)16(22)24-12/h3,5-7H,1,4,8H2,2H3,(H,19,20)/b12-7-. The van der Waals surface area contributed by atoms with Crippen LogP contribution in [0.5, 0.6) is 5.75 Å². The molecule has 1 aliphatic rings. The molecule has 0 radical (unpaired) electrons. The van der Waals surface area contributed by atoms with Gasteiger partial charge in [0.2, 0.25) is 0 Å². The molecule has 0 saturated carbocycles. The summed E-state index contributed by atoms with van der Waals surface area (Å²) < 4.78 is 5.87. The second-order valence-electron chi connectivity index (χ2n) is 4.91. The first-order valence-corrected chi connectivity index (χ1v) is 8.44. The second-order valence-corrected chi connectivity index (χ2v) is 6.75. The van der Waals surface area contributed by atoms with Gasteiger partial charge in [0.05, 0.1) is 9.38 Å². The summed E-state index contributed by atoms with van der Waals surface area (Å²) in [4.78, 5) is 35.6. The van der Waals surface area contributed by atoms with Gasteiger partial charge >= 0.3 is 5.97 Å². The van der Waals surface area contributed by atoms with E-state index < -0.39 is 12.6 Å². The molecule has 1 N–H and O–H groups in total. The number of hydrogen-bond acceptors (Lipinski definition) is 5. The molecule has 0 aromatic heterocycles. The number of imide groups is 1. The molecule has 1 heterocycles. The van der Waals surface area contributed by atoms with E-state index in [-0.39, 0.29) is 11.1 Å². The normalized spacial score (nSPS) is 15.9. The summed E-state index contributed by atoms with van der Waals surface area (Å²) in [5.41, 5.74) is 1.42. The number of carbonyl (C=O) groups is 3. The number of aliphatic carboxylic acids is 1. The highest BCUT2D eigenvalue weighted by Crippen LogP contribution is 2.35. The van der Waals surface area contributed by atoms with Gasteiger partial charge in [-0.2, -0.15) is 0 Å². The molecule has 0 bridgehead atoms. The van der Waals surface area contributed by atoms with Gasteiger partial charge in [-0.25, -0.2) is 4.79 Å². The van der Waals surface area contributed by atoms with Crippen molar-refractivity contribution >= 4 is 50.9 Å². The highest BCUT2D eigenvalue weighted by atomic mass is 79.9. The largest absolute Gasteiger partial charge is 0.480 e. The summed E-state index contributed by atoms with van der Waals surface area (Å²) in [5.74, 6) is -1.01. The third kappa shape index (κ3) is 4.07. The van der Waals surface area contributed by atoms with Gasteiger partial charge in [0.15, 0.2) is 6.61 Å². The zero-order valence-electron chi connectivity index (χ0n) is 12.7. The zero-order chi connectivity index (χ0) is 17.9. The molecule has 6 nitrogen and oxygen atoms in total. The fraction of sp³-hybridized carbons (Fsp3) is 0.188. The molecule has 1 fully saturated rings. The number of ether oxygens (including phenoxy) is 1. The predicted octanol–water partition coefficient (Wildman–Crippen LogP) is 3.31. The molecule has 0 unspecified atom stereocenters. The summed E-state index contributed by atoms with van der Waals surface area (Å²) in [6.07, 6.45) is 3.75. The molecule has 8 heteroatoms. The summed E-state index contributed by atoms with van der Waals surface area (Å²) >= 11 is 4.23. The smallest absolute Gasteiger partial charge is 0.341 e. The number of likely N-dealkylation sites (N-methyl/N-ethyl adjacent to an activating group) is 1. The van der Waals surface area contributed by atoms with E-state index in [1.807, 2.05) is 0 Å². The van der Waals surface area contributed by atoms with E-state index in [4.69, 9.17) is 9.84 Å². The van der Waals surface area contributed by atoms with Crippen molar-refractivity contribution < 1.29 is 24.2 Å². The van der Waals surface area contributed by atoms with Crippen LogP contribution in [0.15, 0.2) is 34.2 Å². The van der Waals surface area contributed by atoms with Gasteiger partial charge in [-0.1, -0.05) is 6.08 Å². The molecule has 24 heavy (non-hydrogen) atoms. The molecule has 0 atom stereocenters. The van der Waals surface area contributed by atoms with Gasteiger partial charge in [-0.05, 0) is 63.4 Å². The first-order chi connectivity index (χ1) is 11.3. The number of amides is 2. The Morgan fingerprint density at radius 3 is 2.71 bits per heavy atom. The first kappa shape index (κ1) is 18.3. The molecule has 1 aliphatic heterocycles. The van der Waals surface area contributed by atoms with Crippen molar-refractivity contribution in [3.05, 3.63) is 45.3 Å². The minimum atomic E-state index is -1.08. The van der Waals surface area contributed by atoms with Crippen molar-refractivity contribution in [2.24, 2.45) is 0 Å². The quantitative estimate of drug-likeness (QED) is 0.570. The molecule has 1 aromatic carbocycles. The number of carbonyl (C=O) groups excluding carboxylic acids is 2. The van der Waals surface area contributed by atoms with Gasteiger partial charge in [0, 0.05) is 7.05 Å². The lowest BCUT2D eigenvalue weighted by molar-refractivity contribution is -0.139. The average molecular weight is 412 g/mol. The van der Waals surface area contributed by atoms with Crippen LogP contribution < -0.4 is 4.74 Å². The maximum Gasteiger partial charge on any atom is 0.341 e. The SMILES string of the molecule is C=CCc1cc(/C=C2\SC(=O)N(C)C2=O)cc(Br)c1OCC(=O)O. The Hall–Kier alpha value is -2.06. The summed E-state index contributed by atoms with van der Waals surface area (Å²) in [6, 6.07) is 3.47. The van der Waals surface area contributed by atoms with Crippen LogP contribution in [-0.2, 0) is 16.0 Å². The van der Waals surface area contributed by atoms with Gasteiger partial charge in [0.25, 0.3) is 11.1 Å². The lowest BCUT2D eigenvalue weighted by Crippen LogP contribution is -2.22. The van der Waals surface area contributed by atoms with E-state index in [0.717, 1.165) is 22.2 Å². The van der Waals surface area contributed by atoms with Crippen molar-refractivity contribution in [1.82, 2.24) is 4.90 Å². The Labute approximate surface area is 151 Å². The Morgan fingerprint density at radius 2 is 2.17 bits per heavy atom. The molecular weight excluding hydrogens is 398 g/mol. The number of hydrogen-bond donors (Lipinski definition) is 1. The van der Waals surface area contributed by atoms with E-state index in [1.54, 1.807) is 24.3 Å². The van der Waals surface area contributed by atoms with Crippen LogP contribution >= 0.6 is 27.7 Å². The molecule has 1 saturated heterocycles. The summed E-state index contributed by atoms with van der Waals surface area (Å²) in [7, 11) is 1.43. The molecular formula is C16H14BrNO5S. The second kappa shape index (κ2) is 7.67. The fourth-order valence-electron chi connectivity index (χ4n) is 2.06. The van der Waals surface area contributed by atoms with Gasteiger partial charge in [-0.3, -0.25) is 14.5 Å². The zero-order valence-corrected chi connectivity index (χ0v) is 15.1. The van der Waals surface area contributed by atoms with Crippen LogP contribution in [0.25, 0.3) is 6.08 Å². The Balaban J connectivity index is 2.39. The highest BCUT2D eigenvalue weighted by Gasteiger charge is 2.31. The Bertz CT molecular complexity index is 759. The number of allylic oxidation sites excluding steroid dienone is 1. The number of benzene rings is 1. The van der Waals surface area contributed by atoms with E-state index in [0.29, 0.717) is 27.1 Å². The van der Waals surface area contributed by atoms with Crippen molar-refractivity contribution in [2.45, 2.75) is 6.42 Å². The lowest BCUT2D eigenvalue weighted by atomic mass is 10.1. The monoisotopic (exact) mass is 411 g/mol. The van der Waals surface area contributed by atoms with Crippen LogP contribution in [0, 0.1) is 0 Å². The Kier molecular flexibility index (Phi) is 5.84. The average Bonchev–Trinajstić information content (AvgIpc) is 2.74. The van der Waals surface area contributed by atoms with Crippen LogP contribution in [0.2, 0.25) is 0 Å². The molecule has 0 spiro atoms. The maximum atomic E-state index is 12.0. The van der Waals surface area contributed by atoms with E-state index >= 15 is 0 Å². The number of halogens is 1. The fourth-order valence-corrected chi connectivity index (χ4v) is 3.52. The highest BCUT2D eigenvalue weighted by molar-refractivity contribution is 9.10. The van der Waals surface area contributed by atoms with Gasteiger partial charge in [-0.15, -0.1) is 6.58 Å². The molecule has 126 valence electrons. The van der Waals surface area contributed by atoms with Gasteiger partial charge in [0.1, 0.15) is 5.75 Å². The topological polar surface area (TPSA) is 83.9 Å². The van der Waals surface area contributed by atoms with Crippen molar-refractivity contribution in [2.75, 3.05) is 13.7 Å². The summed E-state index contributed by atoms with van der Waals surface area (Å²) in [5, 5.41) is 8.44. The third-order valence-electron chi connectivity index (χ3n) is 3.13. The van der Waals surface area contributed by atoms with Crippen LogP contribution in [0.3, 0.4) is 0 Å². The number of carboxylic acid groups (broad SMARTS) is 1. The molecule has 1 aromatic rings. The number of rotatable bonds is 6. The first-order valence-electron chi connectivity index (χ1n) is 6.83. The van der Waals surface area contributed by atoms with Crippen molar-refractivity contribution in [3.63, 3.8) is 0 Å². The lowest BCUT2D eigenvalue weighted by Gasteiger charge is -2.12. The number of nitrogens with zero attached hydrogens (tertiary/aromatic N) is 1. The molecule has 0 aliphatic carbocycles. The van der Waals surface area contributed by atoms with E-state index in [1.165, 1.54) is 7.05 Å². The van der Waals surface area contributed by atoms with E-state index in [2.05, 4.69) is 22.5 Å². The van der Waals surface area contributed by atoms with Gasteiger partial charge < -0.3 is 9.84 Å². The number of carboxylic acids is 1. The minimum absolute atomic E-state index is 0.321. The van der Waals surface area contributed by atoms with Crippen molar-refractivity contribution in [3.8, 4) is 5.75 Å². The van der Waals surface area contributed by atoms with Crippen molar-refractivity contribution in [1.29, 1.82) is 0 Å². The maximum absolute atomic E-state index is 12.0. The minimum Gasteiger partial charge on any atom is -0.480 e. The van der Waals surface area contributed by atoms with Crippen LogP contribution in [0.4, 0.5) is 4.79 Å². The van der Waals surface area contributed by atoms with E-state index in [9.17, 15) is 14.4 Å². The van der Waals surface area contributed by atoms with Crippen LogP contribution in [-0.4, -0.2) is 40.8 Å².